The molecule has 2 N–H and O–H groups in total. The van der Waals surface area contributed by atoms with Crippen molar-refractivity contribution < 1.29 is 4.39 Å². The first-order valence-corrected chi connectivity index (χ1v) is 6.80. The van der Waals surface area contributed by atoms with Crippen LogP contribution in [0.4, 0.5) is 15.9 Å². The first-order valence-electron chi connectivity index (χ1n) is 6.80. The molecule has 0 radical (unpaired) electrons. The number of aromatic amines is 1. The molecule has 112 valence electrons. The van der Waals surface area contributed by atoms with Crippen molar-refractivity contribution in [1.29, 1.82) is 0 Å². The van der Waals surface area contributed by atoms with Crippen LogP contribution < -0.4 is 5.32 Å². The molecule has 0 amide bonds. The van der Waals surface area contributed by atoms with Gasteiger partial charge in [-0.1, -0.05) is 6.07 Å². The normalized spacial score (nSPS) is 10.8. The van der Waals surface area contributed by atoms with E-state index in [0.717, 1.165) is 6.20 Å². The molecule has 0 atom stereocenters. The van der Waals surface area contributed by atoms with Crippen LogP contribution in [0.5, 0.6) is 0 Å². The van der Waals surface area contributed by atoms with E-state index in [-0.39, 0.29) is 5.69 Å². The van der Waals surface area contributed by atoms with Gasteiger partial charge in [0.2, 0.25) is 0 Å². The van der Waals surface area contributed by atoms with Crippen LogP contribution in [-0.4, -0.2) is 29.9 Å². The third-order valence-corrected chi connectivity index (χ3v) is 3.20. The summed E-state index contributed by atoms with van der Waals surface area (Å²) >= 11 is 0. The van der Waals surface area contributed by atoms with Gasteiger partial charge in [0.1, 0.15) is 5.69 Å². The molecule has 0 aliphatic heterocycles. The molecule has 0 aromatic carbocycles. The van der Waals surface area contributed by atoms with E-state index in [1.807, 2.05) is 12.1 Å². The molecule has 4 heterocycles. The van der Waals surface area contributed by atoms with Gasteiger partial charge in [0.25, 0.3) is 0 Å². The van der Waals surface area contributed by atoms with Crippen molar-refractivity contribution in [2.75, 3.05) is 5.32 Å². The monoisotopic (exact) mass is 307 g/mol. The maximum absolute atomic E-state index is 13.8. The maximum Gasteiger partial charge on any atom is 0.182 e. The third kappa shape index (κ3) is 2.46. The predicted octanol–water partition coefficient (Wildman–Crippen LogP) is 2.69. The highest BCUT2D eigenvalue weighted by atomic mass is 19.1. The highest BCUT2D eigenvalue weighted by Crippen LogP contribution is 2.25. The lowest BCUT2D eigenvalue weighted by Gasteiger charge is -2.08. The number of pyridine rings is 2. The Kier molecular flexibility index (Phi) is 3.12. The summed E-state index contributed by atoms with van der Waals surface area (Å²) in [5, 5.41) is 2.94. The molecule has 7 nitrogen and oxygen atoms in total. The van der Waals surface area contributed by atoms with Crippen molar-refractivity contribution >= 4 is 22.7 Å². The molecule has 0 aliphatic rings. The average Bonchev–Trinajstić information content (AvgIpc) is 3.06. The summed E-state index contributed by atoms with van der Waals surface area (Å²) in [5.41, 5.74) is 1.93. The number of fused-ring (bicyclic) bond motifs is 1. The molecule has 0 spiro atoms. The van der Waals surface area contributed by atoms with Crippen molar-refractivity contribution in [2.45, 2.75) is 0 Å². The molecule has 0 aliphatic carbocycles. The molecular weight excluding hydrogens is 297 g/mol. The zero-order valence-corrected chi connectivity index (χ0v) is 11.7. The summed E-state index contributed by atoms with van der Waals surface area (Å²) in [4.78, 5) is 23.9. The fourth-order valence-electron chi connectivity index (χ4n) is 2.14. The van der Waals surface area contributed by atoms with Gasteiger partial charge in [-0.2, -0.15) is 0 Å². The van der Waals surface area contributed by atoms with E-state index < -0.39 is 5.82 Å². The van der Waals surface area contributed by atoms with Crippen LogP contribution in [0.25, 0.3) is 22.7 Å². The minimum absolute atomic E-state index is 0.259. The minimum atomic E-state index is -0.478. The number of H-pyrrole nitrogens is 1. The van der Waals surface area contributed by atoms with Crippen LogP contribution in [0.1, 0.15) is 0 Å². The Bertz CT molecular complexity index is 968. The van der Waals surface area contributed by atoms with Crippen LogP contribution in [0.15, 0.2) is 49.2 Å². The number of nitrogens with one attached hydrogen (secondary N) is 2. The number of aromatic nitrogens is 6. The van der Waals surface area contributed by atoms with Crippen LogP contribution in [0.2, 0.25) is 0 Å². The average molecular weight is 307 g/mol. The van der Waals surface area contributed by atoms with Crippen LogP contribution in [0.3, 0.4) is 0 Å². The van der Waals surface area contributed by atoms with Crippen molar-refractivity contribution in [3.05, 3.63) is 55.0 Å². The van der Waals surface area contributed by atoms with Crippen molar-refractivity contribution in [3.63, 3.8) is 0 Å². The molecule has 4 aromatic heterocycles. The number of nitrogens with zero attached hydrogens (tertiary/aromatic N) is 5. The lowest BCUT2D eigenvalue weighted by Crippen LogP contribution is -2.01. The van der Waals surface area contributed by atoms with E-state index in [9.17, 15) is 4.39 Å². The predicted molar refractivity (Wildman–Crippen MR) is 82.4 cm³/mol. The molecule has 8 heteroatoms. The SMILES string of the molecule is Fc1cnccc1Nc1nc(-c2ccccn2)nc2[nH]cnc12. The van der Waals surface area contributed by atoms with Crippen molar-refractivity contribution in [2.24, 2.45) is 0 Å². The second-order valence-corrected chi connectivity index (χ2v) is 4.69. The van der Waals surface area contributed by atoms with Gasteiger partial charge in [-0.05, 0) is 18.2 Å². The van der Waals surface area contributed by atoms with Gasteiger partial charge in [0.05, 0.1) is 18.2 Å². The molecule has 4 rings (SSSR count). The highest BCUT2D eigenvalue weighted by molar-refractivity contribution is 5.86. The van der Waals surface area contributed by atoms with E-state index >= 15 is 0 Å². The Balaban J connectivity index is 1.85. The molecule has 0 saturated carbocycles. The number of hydrogen-bond donors (Lipinski definition) is 2. The second kappa shape index (κ2) is 5.41. The summed E-state index contributed by atoms with van der Waals surface area (Å²) in [6, 6.07) is 6.98. The standard InChI is InChI=1S/C15H10FN7/c16-9-7-17-6-4-10(9)21-15-12-14(20-8-19-12)22-13(23-15)11-3-1-2-5-18-11/h1-8H,(H2,17,19,20,21,22,23). The molecule has 4 aromatic rings. The van der Waals surface area contributed by atoms with Crippen LogP contribution >= 0.6 is 0 Å². The first-order chi connectivity index (χ1) is 11.3. The Labute approximate surface area is 129 Å². The van der Waals surface area contributed by atoms with Gasteiger partial charge in [0.15, 0.2) is 28.6 Å². The van der Waals surface area contributed by atoms with E-state index in [0.29, 0.717) is 28.5 Å². The molecule has 23 heavy (non-hydrogen) atoms. The van der Waals surface area contributed by atoms with Crippen molar-refractivity contribution in [3.8, 4) is 11.5 Å². The smallest absolute Gasteiger partial charge is 0.182 e. The maximum atomic E-state index is 13.8. The number of imidazole rings is 1. The second-order valence-electron chi connectivity index (χ2n) is 4.69. The van der Waals surface area contributed by atoms with Gasteiger partial charge in [-0.3, -0.25) is 9.97 Å². The van der Waals surface area contributed by atoms with Gasteiger partial charge in [-0.25, -0.2) is 19.3 Å². The summed E-state index contributed by atoms with van der Waals surface area (Å²) in [5.74, 6) is 0.329. The molecule has 0 bridgehead atoms. The zero-order chi connectivity index (χ0) is 15.6. The number of anilines is 2. The Morgan fingerprint density at radius 3 is 2.83 bits per heavy atom. The van der Waals surface area contributed by atoms with Crippen molar-refractivity contribution in [1.82, 2.24) is 29.9 Å². The van der Waals surface area contributed by atoms with Gasteiger partial charge in [-0.15, -0.1) is 0 Å². The molecular formula is C15H10FN7. The largest absolute Gasteiger partial charge is 0.336 e. The Morgan fingerprint density at radius 2 is 2.00 bits per heavy atom. The van der Waals surface area contributed by atoms with Gasteiger partial charge < -0.3 is 10.3 Å². The summed E-state index contributed by atoms with van der Waals surface area (Å²) < 4.78 is 13.8. The summed E-state index contributed by atoms with van der Waals surface area (Å²) in [7, 11) is 0. The van der Waals surface area contributed by atoms with E-state index in [4.69, 9.17) is 0 Å². The topological polar surface area (TPSA) is 92.3 Å². The fourth-order valence-corrected chi connectivity index (χ4v) is 2.14. The minimum Gasteiger partial charge on any atom is -0.336 e. The quantitative estimate of drug-likeness (QED) is 0.604. The van der Waals surface area contributed by atoms with Gasteiger partial charge in [0, 0.05) is 12.4 Å². The van der Waals surface area contributed by atoms with E-state index in [1.165, 1.54) is 18.6 Å². The molecule has 0 unspecified atom stereocenters. The fraction of sp³-hybridized carbons (Fsp3) is 0. The number of hydrogen-bond acceptors (Lipinski definition) is 6. The lowest BCUT2D eigenvalue weighted by atomic mass is 10.3. The summed E-state index contributed by atoms with van der Waals surface area (Å²) in [6.07, 6.45) is 5.79. The zero-order valence-electron chi connectivity index (χ0n) is 11.7. The third-order valence-electron chi connectivity index (χ3n) is 3.20. The van der Waals surface area contributed by atoms with Crippen LogP contribution in [0, 0.1) is 5.82 Å². The van der Waals surface area contributed by atoms with E-state index in [1.54, 1.807) is 12.3 Å². The number of halogens is 1. The highest BCUT2D eigenvalue weighted by Gasteiger charge is 2.13. The number of rotatable bonds is 3. The summed E-state index contributed by atoms with van der Waals surface area (Å²) in [6.45, 7) is 0. The lowest BCUT2D eigenvalue weighted by molar-refractivity contribution is 0.625. The first kappa shape index (κ1) is 13.3. The van der Waals surface area contributed by atoms with Gasteiger partial charge >= 0.3 is 0 Å². The van der Waals surface area contributed by atoms with Crippen LogP contribution in [-0.2, 0) is 0 Å². The van der Waals surface area contributed by atoms with E-state index in [2.05, 4.69) is 35.2 Å². The Morgan fingerprint density at radius 1 is 1.04 bits per heavy atom. The molecule has 0 saturated heterocycles. The molecule has 0 fully saturated rings. The Hall–Kier alpha value is -3.42.